The summed E-state index contributed by atoms with van der Waals surface area (Å²) in [5.74, 6) is 0.955. The number of carbonyl (C=O) groups is 1. The van der Waals surface area contributed by atoms with Gasteiger partial charge in [0.05, 0.1) is 19.5 Å². The van der Waals surface area contributed by atoms with E-state index in [0.717, 1.165) is 25.7 Å². The van der Waals surface area contributed by atoms with E-state index in [-0.39, 0.29) is 17.5 Å². The van der Waals surface area contributed by atoms with E-state index in [0.29, 0.717) is 56.9 Å². The molecule has 0 aromatic carbocycles. The highest BCUT2D eigenvalue weighted by molar-refractivity contribution is 5.79. The van der Waals surface area contributed by atoms with E-state index in [2.05, 4.69) is 11.1 Å². The van der Waals surface area contributed by atoms with Crippen molar-refractivity contribution in [3.63, 3.8) is 0 Å². The smallest absolute Gasteiger partial charge is 0.266 e. The predicted molar refractivity (Wildman–Crippen MR) is 104 cm³/mol. The number of nitriles is 1. The van der Waals surface area contributed by atoms with Crippen molar-refractivity contribution < 1.29 is 23.1 Å². The third kappa shape index (κ3) is 3.46. The lowest BCUT2D eigenvalue weighted by atomic mass is 9.93. The number of amides is 1. The van der Waals surface area contributed by atoms with Crippen LogP contribution in [0.25, 0.3) is 11.7 Å². The minimum atomic E-state index is -0.466. The lowest BCUT2D eigenvalue weighted by Crippen LogP contribution is -2.50. The fourth-order valence-electron chi connectivity index (χ4n) is 4.55. The number of rotatable bonds is 3. The first-order chi connectivity index (χ1) is 14.7. The minimum absolute atomic E-state index is 0.0151. The van der Waals surface area contributed by atoms with Crippen molar-refractivity contribution in [3.8, 4) is 17.7 Å². The largest absolute Gasteiger partial charge is 0.459 e. The molecule has 3 fully saturated rings. The summed E-state index contributed by atoms with van der Waals surface area (Å²) in [4.78, 5) is 21.2. The number of anilines is 1. The fourth-order valence-corrected chi connectivity index (χ4v) is 4.55. The number of likely N-dealkylation sites (tertiary alicyclic amines) is 1. The molecule has 3 aliphatic heterocycles. The van der Waals surface area contributed by atoms with Gasteiger partial charge in [0.15, 0.2) is 11.5 Å². The van der Waals surface area contributed by atoms with E-state index >= 15 is 0 Å². The summed E-state index contributed by atoms with van der Waals surface area (Å²) < 4.78 is 22.7. The van der Waals surface area contributed by atoms with E-state index in [9.17, 15) is 10.1 Å². The maximum atomic E-state index is 13.0. The summed E-state index contributed by atoms with van der Waals surface area (Å²) in [5, 5.41) is 9.45. The SMILES string of the molecule is N#Cc1nc(-c2ccco2)oc1N1CCC(C(=O)N2CCC3(CC2)OCCO3)CC1. The van der Waals surface area contributed by atoms with Gasteiger partial charge in [0.1, 0.15) is 6.07 Å². The number of piperidine rings is 2. The molecular weight excluding hydrogens is 388 g/mol. The Morgan fingerprint density at radius 1 is 1.17 bits per heavy atom. The Morgan fingerprint density at radius 3 is 2.53 bits per heavy atom. The van der Waals surface area contributed by atoms with Crippen LogP contribution >= 0.6 is 0 Å². The normalized spacial score (nSPS) is 21.8. The first kappa shape index (κ1) is 19.2. The topological polar surface area (TPSA) is 105 Å². The lowest BCUT2D eigenvalue weighted by Gasteiger charge is -2.40. The van der Waals surface area contributed by atoms with Crippen LogP contribution in [0, 0.1) is 17.2 Å². The summed E-state index contributed by atoms with van der Waals surface area (Å²) in [6, 6.07) is 5.59. The van der Waals surface area contributed by atoms with Crippen molar-refractivity contribution in [2.24, 2.45) is 5.92 Å². The van der Waals surface area contributed by atoms with Gasteiger partial charge in [0.2, 0.25) is 17.5 Å². The van der Waals surface area contributed by atoms with Crippen molar-refractivity contribution >= 4 is 11.8 Å². The molecular formula is C21H24N4O5. The van der Waals surface area contributed by atoms with Crippen molar-refractivity contribution in [3.05, 3.63) is 24.1 Å². The van der Waals surface area contributed by atoms with Crippen molar-refractivity contribution in [2.75, 3.05) is 44.3 Å². The first-order valence-corrected chi connectivity index (χ1v) is 10.4. The van der Waals surface area contributed by atoms with Crippen molar-refractivity contribution in [1.82, 2.24) is 9.88 Å². The maximum absolute atomic E-state index is 13.0. The van der Waals surface area contributed by atoms with Crippen LogP contribution in [0.15, 0.2) is 27.2 Å². The molecule has 9 nitrogen and oxygen atoms in total. The number of ether oxygens (including phenoxy) is 2. The number of hydrogen-bond acceptors (Lipinski definition) is 8. The Morgan fingerprint density at radius 2 is 1.90 bits per heavy atom. The third-order valence-corrected chi connectivity index (χ3v) is 6.23. The molecule has 0 N–H and O–H groups in total. The highest BCUT2D eigenvalue weighted by Crippen LogP contribution is 2.34. The number of carbonyl (C=O) groups excluding carboxylic acids is 1. The molecule has 0 atom stereocenters. The van der Waals surface area contributed by atoms with Crippen LogP contribution in [-0.2, 0) is 14.3 Å². The third-order valence-electron chi connectivity index (χ3n) is 6.23. The summed E-state index contributed by atoms with van der Waals surface area (Å²) in [6.45, 7) is 3.91. The molecule has 0 bridgehead atoms. The zero-order chi connectivity index (χ0) is 20.6. The molecule has 0 saturated carbocycles. The van der Waals surface area contributed by atoms with E-state index < -0.39 is 5.79 Å². The zero-order valence-corrected chi connectivity index (χ0v) is 16.7. The average molecular weight is 412 g/mol. The Balaban J connectivity index is 1.20. The first-order valence-electron chi connectivity index (χ1n) is 10.4. The van der Waals surface area contributed by atoms with Gasteiger partial charge in [-0.3, -0.25) is 4.79 Å². The van der Waals surface area contributed by atoms with Crippen LogP contribution in [0.5, 0.6) is 0 Å². The summed E-state index contributed by atoms with van der Waals surface area (Å²) in [7, 11) is 0. The van der Waals surface area contributed by atoms with Crippen molar-refractivity contribution in [1.29, 1.82) is 5.26 Å². The van der Waals surface area contributed by atoms with Gasteiger partial charge < -0.3 is 28.1 Å². The number of furan rings is 1. The summed E-state index contributed by atoms with van der Waals surface area (Å²) >= 11 is 0. The van der Waals surface area contributed by atoms with Gasteiger partial charge in [-0.05, 0) is 25.0 Å². The van der Waals surface area contributed by atoms with Crippen LogP contribution in [0.4, 0.5) is 5.88 Å². The molecule has 9 heteroatoms. The minimum Gasteiger partial charge on any atom is -0.459 e. The van der Waals surface area contributed by atoms with Gasteiger partial charge in [-0.1, -0.05) is 0 Å². The second-order valence-corrected chi connectivity index (χ2v) is 7.96. The molecule has 158 valence electrons. The summed E-state index contributed by atoms with van der Waals surface area (Å²) in [5.41, 5.74) is 0.240. The van der Waals surface area contributed by atoms with Gasteiger partial charge in [-0.25, -0.2) is 0 Å². The monoisotopic (exact) mass is 412 g/mol. The second-order valence-electron chi connectivity index (χ2n) is 7.96. The fraction of sp³-hybridized carbons (Fsp3) is 0.571. The zero-order valence-electron chi connectivity index (χ0n) is 16.7. The molecule has 2 aromatic heterocycles. The van der Waals surface area contributed by atoms with Crippen LogP contribution < -0.4 is 4.90 Å². The molecule has 5 heterocycles. The quantitative estimate of drug-likeness (QED) is 0.757. The van der Waals surface area contributed by atoms with E-state index in [4.69, 9.17) is 18.3 Å². The Hall–Kier alpha value is -2.83. The number of oxazole rings is 1. The second kappa shape index (κ2) is 7.78. The molecule has 0 aliphatic carbocycles. The molecule has 3 saturated heterocycles. The molecule has 0 radical (unpaired) electrons. The number of hydrogen-bond donors (Lipinski definition) is 0. The number of aromatic nitrogens is 1. The van der Waals surface area contributed by atoms with Crippen molar-refractivity contribution in [2.45, 2.75) is 31.5 Å². The molecule has 2 aromatic rings. The molecule has 5 rings (SSSR count). The average Bonchev–Trinajstić information content (AvgIpc) is 3.55. The highest BCUT2D eigenvalue weighted by Gasteiger charge is 2.42. The number of nitrogens with zero attached hydrogens (tertiary/aromatic N) is 4. The van der Waals surface area contributed by atoms with E-state index in [1.807, 2.05) is 9.80 Å². The van der Waals surface area contributed by atoms with Gasteiger partial charge >= 0.3 is 0 Å². The molecule has 1 amide bonds. The standard InChI is InChI=1S/C21H24N4O5/c22-14-16-20(30-18(23-16)17-2-1-11-27-17)25-7-3-15(4-8-25)19(26)24-9-5-21(6-10-24)28-12-13-29-21/h1-2,11,15H,3-10,12-13H2. The molecule has 30 heavy (non-hydrogen) atoms. The Kier molecular flexibility index (Phi) is 4.97. The Labute approximate surface area is 174 Å². The van der Waals surface area contributed by atoms with E-state index in [1.54, 1.807) is 12.1 Å². The predicted octanol–water partition coefficient (Wildman–Crippen LogP) is 2.39. The highest BCUT2D eigenvalue weighted by atomic mass is 16.7. The molecule has 0 unspecified atom stereocenters. The summed E-state index contributed by atoms with van der Waals surface area (Å²) in [6.07, 6.45) is 4.44. The maximum Gasteiger partial charge on any atom is 0.266 e. The van der Waals surface area contributed by atoms with Crippen LogP contribution in [0.3, 0.4) is 0 Å². The lowest BCUT2D eigenvalue weighted by molar-refractivity contribution is -0.188. The van der Waals surface area contributed by atoms with Gasteiger partial charge in [-0.15, -0.1) is 0 Å². The van der Waals surface area contributed by atoms with Crippen LogP contribution in [-0.4, -0.2) is 61.0 Å². The van der Waals surface area contributed by atoms with Crippen LogP contribution in [0.1, 0.15) is 31.4 Å². The molecule has 3 aliphatic rings. The van der Waals surface area contributed by atoms with Gasteiger partial charge in [0, 0.05) is 44.9 Å². The van der Waals surface area contributed by atoms with Gasteiger partial charge in [-0.2, -0.15) is 10.2 Å². The van der Waals surface area contributed by atoms with Gasteiger partial charge in [0.25, 0.3) is 5.89 Å². The Bertz CT molecular complexity index is 923. The molecule has 1 spiro atoms. The van der Waals surface area contributed by atoms with E-state index in [1.165, 1.54) is 6.26 Å². The van der Waals surface area contributed by atoms with Crippen LogP contribution in [0.2, 0.25) is 0 Å².